The summed E-state index contributed by atoms with van der Waals surface area (Å²) in [7, 11) is 1.38. The van der Waals surface area contributed by atoms with Crippen molar-refractivity contribution in [3.63, 3.8) is 0 Å². The smallest absolute Gasteiger partial charge is 0.407 e. The first kappa shape index (κ1) is 15.4. The van der Waals surface area contributed by atoms with E-state index >= 15 is 0 Å². The summed E-state index contributed by atoms with van der Waals surface area (Å²) >= 11 is 0. The van der Waals surface area contributed by atoms with E-state index in [1.165, 1.54) is 7.11 Å². The molecular weight excluding hydrogens is 252 g/mol. The van der Waals surface area contributed by atoms with Crippen LogP contribution in [0.15, 0.2) is 0 Å². The Morgan fingerprint density at radius 3 is 2.53 bits per heavy atom. The number of imide groups is 1. The Bertz CT molecular complexity index is 375. The first-order chi connectivity index (χ1) is 8.74. The van der Waals surface area contributed by atoms with E-state index in [4.69, 9.17) is 9.47 Å². The van der Waals surface area contributed by atoms with Gasteiger partial charge in [0.05, 0.1) is 13.0 Å². The minimum atomic E-state index is -0.712. The lowest BCUT2D eigenvalue weighted by molar-refractivity contribution is -0.141. The molecule has 3 amide bonds. The maximum Gasteiger partial charge on any atom is 0.407 e. The van der Waals surface area contributed by atoms with Crippen molar-refractivity contribution >= 4 is 17.9 Å². The molecule has 1 saturated heterocycles. The van der Waals surface area contributed by atoms with Crippen molar-refractivity contribution in [1.29, 1.82) is 0 Å². The largest absolute Gasteiger partial charge is 0.448 e. The predicted molar refractivity (Wildman–Crippen MR) is 66.4 cm³/mol. The fourth-order valence-corrected chi connectivity index (χ4v) is 1.64. The number of amides is 3. The molecule has 0 aromatic carbocycles. The SMILES string of the molecule is CO[C@@H]1CC(=O)N(CCOC(=O)NC(C)(C)C)C1=O. The molecule has 1 N–H and O–H groups in total. The highest BCUT2D eigenvalue weighted by Gasteiger charge is 2.38. The highest BCUT2D eigenvalue weighted by Crippen LogP contribution is 2.14. The average molecular weight is 272 g/mol. The van der Waals surface area contributed by atoms with E-state index in [-0.39, 0.29) is 31.4 Å². The molecule has 0 spiro atoms. The Balaban J connectivity index is 2.36. The van der Waals surface area contributed by atoms with Gasteiger partial charge in [0.25, 0.3) is 5.91 Å². The summed E-state index contributed by atoms with van der Waals surface area (Å²) in [5, 5.41) is 2.61. The molecule has 0 aromatic rings. The van der Waals surface area contributed by atoms with Crippen molar-refractivity contribution in [2.24, 2.45) is 0 Å². The van der Waals surface area contributed by atoms with Gasteiger partial charge in [0.15, 0.2) is 0 Å². The maximum atomic E-state index is 11.7. The number of rotatable bonds is 4. The first-order valence-corrected chi connectivity index (χ1v) is 6.06. The van der Waals surface area contributed by atoms with Crippen molar-refractivity contribution in [3.05, 3.63) is 0 Å². The van der Waals surface area contributed by atoms with Crippen LogP contribution in [0.1, 0.15) is 27.2 Å². The highest BCUT2D eigenvalue weighted by atomic mass is 16.5. The van der Waals surface area contributed by atoms with Gasteiger partial charge in [0.2, 0.25) is 5.91 Å². The third kappa shape index (κ3) is 4.51. The lowest BCUT2D eigenvalue weighted by atomic mass is 10.1. The van der Waals surface area contributed by atoms with Crippen LogP contribution in [0.5, 0.6) is 0 Å². The number of likely N-dealkylation sites (tertiary alicyclic amines) is 1. The molecule has 7 nitrogen and oxygen atoms in total. The quantitative estimate of drug-likeness (QED) is 0.743. The third-order valence-corrected chi connectivity index (χ3v) is 2.51. The van der Waals surface area contributed by atoms with Crippen molar-refractivity contribution in [1.82, 2.24) is 10.2 Å². The summed E-state index contributed by atoms with van der Waals surface area (Å²) in [4.78, 5) is 35.6. The van der Waals surface area contributed by atoms with Crippen molar-refractivity contribution < 1.29 is 23.9 Å². The Labute approximate surface area is 112 Å². The molecule has 1 atom stereocenters. The molecule has 0 unspecified atom stereocenters. The number of methoxy groups -OCH3 is 1. The number of hydrogen-bond acceptors (Lipinski definition) is 5. The zero-order valence-corrected chi connectivity index (χ0v) is 11.7. The summed E-state index contributed by atoms with van der Waals surface area (Å²) in [5.41, 5.74) is -0.391. The summed E-state index contributed by atoms with van der Waals surface area (Å²) in [5.74, 6) is -0.691. The van der Waals surface area contributed by atoms with E-state index in [1.54, 1.807) is 0 Å². The molecule has 1 aliphatic rings. The van der Waals surface area contributed by atoms with Gasteiger partial charge in [-0.2, -0.15) is 0 Å². The minimum Gasteiger partial charge on any atom is -0.448 e. The molecule has 1 aliphatic heterocycles. The second-order valence-electron chi connectivity index (χ2n) is 5.32. The van der Waals surface area contributed by atoms with Crippen molar-refractivity contribution in [2.45, 2.75) is 38.8 Å². The molecule has 0 bridgehead atoms. The number of nitrogens with one attached hydrogen (secondary N) is 1. The molecule has 7 heteroatoms. The molecule has 0 radical (unpaired) electrons. The average Bonchev–Trinajstić information content (AvgIpc) is 2.53. The van der Waals surface area contributed by atoms with Crippen molar-refractivity contribution in [3.8, 4) is 0 Å². The highest BCUT2D eigenvalue weighted by molar-refractivity contribution is 6.04. The first-order valence-electron chi connectivity index (χ1n) is 6.06. The van der Waals surface area contributed by atoms with Gasteiger partial charge < -0.3 is 14.8 Å². The van der Waals surface area contributed by atoms with Crippen LogP contribution >= 0.6 is 0 Å². The van der Waals surface area contributed by atoms with Gasteiger partial charge >= 0.3 is 6.09 Å². The van der Waals surface area contributed by atoms with Gasteiger partial charge in [-0.25, -0.2) is 4.79 Å². The summed E-state index contributed by atoms with van der Waals surface area (Å²) < 4.78 is 9.79. The molecule has 0 aliphatic carbocycles. The standard InChI is InChI=1S/C12H20N2O5/c1-12(2,3)13-11(17)19-6-5-14-9(15)7-8(18-4)10(14)16/h8H,5-7H2,1-4H3,(H,13,17)/t8-/m1/s1. The van der Waals surface area contributed by atoms with E-state index < -0.39 is 17.7 Å². The van der Waals surface area contributed by atoms with Gasteiger partial charge in [-0.15, -0.1) is 0 Å². The summed E-state index contributed by atoms with van der Waals surface area (Å²) in [6, 6.07) is 0. The van der Waals surface area contributed by atoms with E-state index in [1.807, 2.05) is 20.8 Å². The second-order valence-corrected chi connectivity index (χ2v) is 5.32. The number of nitrogens with zero attached hydrogens (tertiary/aromatic N) is 1. The molecule has 108 valence electrons. The van der Waals surface area contributed by atoms with E-state index in [0.717, 1.165) is 4.90 Å². The van der Waals surface area contributed by atoms with Crippen LogP contribution in [0.4, 0.5) is 4.79 Å². The van der Waals surface area contributed by atoms with Crippen LogP contribution < -0.4 is 5.32 Å². The Morgan fingerprint density at radius 1 is 1.42 bits per heavy atom. The maximum absolute atomic E-state index is 11.7. The Hall–Kier alpha value is -1.63. The molecule has 1 rings (SSSR count). The van der Waals surface area contributed by atoms with Crippen LogP contribution in [0.3, 0.4) is 0 Å². The molecular formula is C12H20N2O5. The monoisotopic (exact) mass is 272 g/mol. The molecule has 0 saturated carbocycles. The number of carbonyl (C=O) groups is 3. The van der Waals surface area contributed by atoms with Crippen LogP contribution in [0, 0.1) is 0 Å². The number of ether oxygens (including phenoxy) is 2. The minimum absolute atomic E-state index is 0.0319. The van der Waals surface area contributed by atoms with Crippen LogP contribution in [-0.2, 0) is 19.1 Å². The fraction of sp³-hybridized carbons (Fsp3) is 0.750. The van der Waals surface area contributed by atoms with Gasteiger partial charge in [0.1, 0.15) is 12.7 Å². The van der Waals surface area contributed by atoms with Gasteiger partial charge in [-0.3, -0.25) is 14.5 Å². The third-order valence-electron chi connectivity index (χ3n) is 2.51. The zero-order chi connectivity index (χ0) is 14.6. The van der Waals surface area contributed by atoms with E-state index in [0.29, 0.717) is 0 Å². The van der Waals surface area contributed by atoms with Crippen LogP contribution in [-0.4, -0.2) is 54.7 Å². The summed E-state index contributed by atoms with van der Waals surface area (Å²) in [6.07, 6.45) is -1.24. The van der Waals surface area contributed by atoms with Crippen LogP contribution in [0.25, 0.3) is 0 Å². The molecule has 0 aromatic heterocycles. The topological polar surface area (TPSA) is 84.9 Å². The van der Waals surface area contributed by atoms with Gasteiger partial charge in [-0.05, 0) is 20.8 Å². The number of carbonyl (C=O) groups excluding carboxylic acids is 3. The van der Waals surface area contributed by atoms with Gasteiger partial charge in [0, 0.05) is 12.6 Å². The van der Waals surface area contributed by atoms with Crippen molar-refractivity contribution in [2.75, 3.05) is 20.3 Å². The second kappa shape index (κ2) is 6.01. The normalized spacial score (nSPS) is 19.8. The fourth-order valence-electron chi connectivity index (χ4n) is 1.64. The lowest BCUT2D eigenvalue weighted by Crippen LogP contribution is -2.42. The van der Waals surface area contributed by atoms with E-state index in [2.05, 4.69) is 5.32 Å². The molecule has 19 heavy (non-hydrogen) atoms. The number of alkyl carbamates (subject to hydrolysis) is 1. The number of hydrogen-bond donors (Lipinski definition) is 1. The molecule has 1 heterocycles. The Morgan fingerprint density at radius 2 is 2.05 bits per heavy atom. The zero-order valence-electron chi connectivity index (χ0n) is 11.7. The summed E-state index contributed by atoms with van der Waals surface area (Å²) in [6.45, 7) is 5.49. The lowest BCUT2D eigenvalue weighted by Gasteiger charge is -2.20. The van der Waals surface area contributed by atoms with E-state index in [9.17, 15) is 14.4 Å². The van der Waals surface area contributed by atoms with Gasteiger partial charge in [-0.1, -0.05) is 0 Å². The van der Waals surface area contributed by atoms with Crippen LogP contribution in [0.2, 0.25) is 0 Å². The Kier molecular flexibility index (Phi) is 4.88. The predicted octanol–water partition coefficient (Wildman–Crippen LogP) is 0.285. The molecule has 1 fully saturated rings.